The number of imidazole rings is 1. The van der Waals surface area contributed by atoms with Crippen molar-refractivity contribution >= 4 is 17.5 Å². The molecule has 1 N–H and O–H groups in total. The highest BCUT2D eigenvalue weighted by Crippen LogP contribution is 2.28. The first-order valence-electron chi connectivity index (χ1n) is 13.7. The number of hydrogen-bond donors (Lipinski definition) is 1. The highest BCUT2D eigenvalue weighted by Gasteiger charge is 2.28. The van der Waals surface area contributed by atoms with Crippen molar-refractivity contribution in [1.29, 1.82) is 0 Å². The summed E-state index contributed by atoms with van der Waals surface area (Å²) >= 11 is 6.31. The molecule has 0 spiro atoms. The Kier molecular flexibility index (Phi) is 7.78. The highest BCUT2D eigenvalue weighted by atomic mass is 35.5. The summed E-state index contributed by atoms with van der Waals surface area (Å²) in [5, 5.41) is 4.15. The van der Waals surface area contributed by atoms with E-state index < -0.39 is 0 Å². The number of halogens is 1. The Morgan fingerprint density at radius 2 is 1.68 bits per heavy atom. The van der Waals surface area contributed by atoms with E-state index >= 15 is 0 Å². The molecule has 4 heterocycles. The molecule has 2 aromatic heterocycles. The maximum absolute atomic E-state index is 13.7. The maximum atomic E-state index is 13.7. The van der Waals surface area contributed by atoms with E-state index in [1.165, 1.54) is 12.8 Å². The van der Waals surface area contributed by atoms with Gasteiger partial charge in [-0.3, -0.25) is 14.0 Å². The maximum Gasteiger partial charge on any atom is 0.333 e. The Hall–Kier alpha value is -2.72. The van der Waals surface area contributed by atoms with E-state index in [2.05, 4.69) is 15.2 Å². The monoisotopic (exact) mass is 538 g/mol. The molecule has 0 radical (unpaired) electrons. The van der Waals surface area contributed by atoms with Gasteiger partial charge < -0.3 is 14.8 Å². The Morgan fingerprint density at radius 3 is 2.45 bits per heavy atom. The van der Waals surface area contributed by atoms with Gasteiger partial charge in [0, 0.05) is 61.8 Å². The second-order valence-electron chi connectivity index (χ2n) is 10.4. The summed E-state index contributed by atoms with van der Waals surface area (Å²) in [6.07, 6.45) is 9.82. The van der Waals surface area contributed by atoms with Gasteiger partial charge in [-0.05, 0) is 62.8 Å². The average Bonchev–Trinajstić information content (AvgIpc) is 3.31. The summed E-state index contributed by atoms with van der Waals surface area (Å²) in [4.78, 5) is 25.7. The standard InChI is InChI=1S/C28H35ClN6O3/c29-20-2-1-3-24(18-20)35-26(19-34(28(35)36)23-9-14-37-15-10-23)25-8-11-30-27(32-25)31-21-4-6-22(7-5-21)33-12-16-38-17-13-33/h1-3,8,11,18-19,21-23H,4-7,9-10,12-17H2,(H,30,31,32). The summed E-state index contributed by atoms with van der Waals surface area (Å²) in [6.45, 7) is 5.07. The Morgan fingerprint density at radius 1 is 0.921 bits per heavy atom. The number of aromatic nitrogens is 4. The van der Waals surface area contributed by atoms with Crippen LogP contribution in [-0.2, 0) is 9.47 Å². The van der Waals surface area contributed by atoms with Crippen molar-refractivity contribution in [3.8, 4) is 17.1 Å². The summed E-state index contributed by atoms with van der Waals surface area (Å²) in [6, 6.07) is 10.3. The van der Waals surface area contributed by atoms with Crippen LogP contribution in [0.2, 0.25) is 5.02 Å². The fraction of sp³-hybridized carbons (Fsp3) is 0.536. The van der Waals surface area contributed by atoms with Gasteiger partial charge in [0.1, 0.15) is 0 Å². The first kappa shape index (κ1) is 25.6. The molecule has 202 valence electrons. The average molecular weight is 539 g/mol. The van der Waals surface area contributed by atoms with Crippen LogP contribution in [0, 0.1) is 0 Å². The van der Waals surface area contributed by atoms with Crippen molar-refractivity contribution in [1.82, 2.24) is 24.0 Å². The van der Waals surface area contributed by atoms with Crippen LogP contribution >= 0.6 is 11.6 Å². The van der Waals surface area contributed by atoms with Crippen LogP contribution in [0.3, 0.4) is 0 Å². The predicted molar refractivity (Wildman–Crippen MR) is 147 cm³/mol. The van der Waals surface area contributed by atoms with Gasteiger partial charge >= 0.3 is 5.69 Å². The van der Waals surface area contributed by atoms with Crippen LogP contribution in [0.25, 0.3) is 17.1 Å². The van der Waals surface area contributed by atoms with Crippen molar-refractivity contribution in [3.05, 3.63) is 58.2 Å². The van der Waals surface area contributed by atoms with Gasteiger partial charge in [-0.1, -0.05) is 17.7 Å². The smallest absolute Gasteiger partial charge is 0.333 e. The second kappa shape index (κ2) is 11.6. The Labute approximate surface area is 227 Å². The number of hydrogen-bond acceptors (Lipinski definition) is 7. The van der Waals surface area contributed by atoms with E-state index in [0.29, 0.717) is 42.0 Å². The van der Waals surface area contributed by atoms with Crippen molar-refractivity contribution in [2.24, 2.45) is 0 Å². The zero-order valence-corrected chi connectivity index (χ0v) is 22.4. The topological polar surface area (TPSA) is 86.4 Å². The molecule has 10 heteroatoms. The fourth-order valence-electron chi connectivity index (χ4n) is 6.01. The minimum atomic E-state index is -0.0938. The Balaban J connectivity index is 1.25. The minimum Gasteiger partial charge on any atom is -0.381 e. The highest BCUT2D eigenvalue weighted by molar-refractivity contribution is 6.30. The number of rotatable bonds is 6. The van der Waals surface area contributed by atoms with Crippen molar-refractivity contribution in [3.63, 3.8) is 0 Å². The number of morpholine rings is 1. The molecule has 0 bridgehead atoms. The molecule has 1 aromatic carbocycles. The minimum absolute atomic E-state index is 0.0938. The van der Waals surface area contributed by atoms with Crippen molar-refractivity contribution in [2.75, 3.05) is 44.8 Å². The summed E-state index contributed by atoms with van der Waals surface area (Å²) in [7, 11) is 0. The zero-order valence-electron chi connectivity index (χ0n) is 21.6. The molecule has 6 rings (SSSR count). The van der Waals surface area contributed by atoms with Gasteiger partial charge in [-0.25, -0.2) is 14.8 Å². The molecule has 2 aliphatic heterocycles. The number of benzene rings is 1. The Bertz CT molecular complexity index is 1290. The quantitative estimate of drug-likeness (QED) is 0.504. The molecule has 2 saturated heterocycles. The van der Waals surface area contributed by atoms with Crippen LogP contribution in [0.1, 0.15) is 44.6 Å². The van der Waals surface area contributed by atoms with Gasteiger partial charge in [0.2, 0.25) is 5.95 Å². The first-order chi connectivity index (χ1) is 18.7. The predicted octanol–water partition coefficient (Wildman–Crippen LogP) is 4.16. The number of anilines is 1. The normalized spacial score (nSPS) is 23.4. The molecule has 3 aromatic rings. The van der Waals surface area contributed by atoms with Gasteiger partial charge in [0.15, 0.2) is 0 Å². The van der Waals surface area contributed by atoms with Crippen LogP contribution in [0.15, 0.2) is 47.5 Å². The summed E-state index contributed by atoms with van der Waals surface area (Å²) in [5.74, 6) is 0.598. The molecule has 0 atom stereocenters. The molecule has 3 aliphatic rings. The number of nitrogens with one attached hydrogen (secondary N) is 1. The lowest BCUT2D eigenvalue weighted by Gasteiger charge is -2.38. The lowest BCUT2D eigenvalue weighted by Crippen LogP contribution is -2.46. The van der Waals surface area contributed by atoms with Crippen LogP contribution in [-0.4, -0.2) is 75.6 Å². The fourth-order valence-corrected chi connectivity index (χ4v) is 6.20. The third kappa shape index (κ3) is 5.52. The molecule has 38 heavy (non-hydrogen) atoms. The van der Waals surface area contributed by atoms with Gasteiger partial charge in [-0.2, -0.15) is 0 Å². The van der Waals surface area contributed by atoms with Gasteiger partial charge in [0.25, 0.3) is 0 Å². The number of ether oxygens (including phenoxy) is 2. The lowest BCUT2D eigenvalue weighted by atomic mass is 9.90. The van der Waals surface area contributed by atoms with E-state index in [4.69, 9.17) is 26.1 Å². The lowest BCUT2D eigenvalue weighted by molar-refractivity contribution is 0.00790. The van der Waals surface area contributed by atoms with E-state index in [1.807, 2.05) is 41.1 Å². The zero-order chi connectivity index (χ0) is 25.9. The third-order valence-corrected chi connectivity index (χ3v) is 8.31. The molecular formula is C28H35ClN6O3. The first-order valence-corrected chi connectivity index (χ1v) is 14.1. The van der Waals surface area contributed by atoms with Gasteiger partial charge in [-0.15, -0.1) is 0 Å². The number of nitrogens with zero attached hydrogens (tertiary/aromatic N) is 5. The SMILES string of the molecule is O=c1n(C2CCOCC2)cc(-c2ccnc(NC3CCC(N4CCOCC4)CC3)n2)n1-c1cccc(Cl)c1. The summed E-state index contributed by atoms with van der Waals surface area (Å²) in [5.41, 5.74) is 2.05. The second-order valence-corrected chi connectivity index (χ2v) is 10.9. The van der Waals surface area contributed by atoms with E-state index in [1.54, 1.807) is 10.8 Å². The van der Waals surface area contributed by atoms with Crippen LogP contribution in [0.5, 0.6) is 0 Å². The molecule has 1 saturated carbocycles. The molecule has 1 aliphatic carbocycles. The third-order valence-electron chi connectivity index (χ3n) is 8.08. The molecular weight excluding hydrogens is 504 g/mol. The largest absolute Gasteiger partial charge is 0.381 e. The van der Waals surface area contributed by atoms with Crippen LogP contribution < -0.4 is 11.0 Å². The van der Waals surface area contributed by atoms with E-state index in [0.717, 1.165) is 63.4 Å². The van der Waals surface area contributed by atoms with E-state index in [9.17, 15) is 4.79 Å². The summed E-state index contributed by atoms with van der Waals surface area (Å²) < 4.78 is 14.6. The van der Waals surface area contributed by atoms with E-state index in [-0.39, 0.29) is 11.7 Å². The van der Waals surface area contributed by atoms with Gasteiger partial charge in [0.05, 0.1) is 30.3 Å². The molecule has 0 amide bonds. The molecule has 0 unspecified atom stereocenters. The molecule has 3 fully saturated rings. The molecule has 9 nitrogen and oxygen atoms in total. The van der Waals surface area contributed by atoms with Crippen LogP contribution in [0.4, 0.5) is 5.95 Å². The van der Waals surface area contributed by atoms with Crippen molar-refractivity contribution < 1.29 is 9.47 Å². The van der Waals surface area contributed by atoms with Crippen molar-refractivity contribution in [2.45, 2.75) is 56.7 Å².